The molecule has 0 spiro atoms. The number of rotatable bonds is 3. The Kier molecular flexibility index (Phi) is 4.94. The number of carbonyl (C=O) groups excluding carboxylic acids is 1. The second-order valence-electron chi connectivity index (χ2n) is 4.30. The summed E-state index contributed by atoms with van der Waals surface area (Å²) in [6.07, 6.45) is 1.71. The van der Waals surface area contributed by atoms with E-state index in [2.05, 4.69) is 22.1 Å². The van der Waals surface area contributed by atoms with Gasteiger partial charge in [0.1, 0.15) is 11.6 Å². The van der Waals surface area contributed by atoms with Crippen LogP contribution in [0.15, 0.2) is 42.6 Å². The molecule has 0 aliphatic rings. The average Bonchev–Trinajstić information content (AvgIpc) is 2.48. The molecule has 0 saturated heterocycles. The van der Waals surface area contributed by atoms with E-state index in [0.29, 0.717) is 11.3 Å². The molecule has 0 radical (unpaired) electrons. The third-order valence-corrected chi connectivity index (χ3v) is 2.60. The molecular weight excluding hydrogens is 264 g/mol. The van der Waals surface area contributed by atoms with E-state index in [4.69, 9.17) is 4.74 Å². The van der Waals surface area contributed by atoms with Gasteiger partial charge in [-0.2, -0.15) is 0 Å². The third-order valence-electron chi connectivity index (χ3n) is 2.60. The van der Waals surface area contributed by atoms with Crippen molar-refractivity contribution < 1.29 is 9.53 Å². The van der Waals surface area contributed by atoms with Gasteiger partial charge in [-0.3, -0.25) is 4.79 Å². The highest BCUT2D eigenvalue weighted by Crippen LogP contribution is 2.17. The molecule has 106 valence electrons. The van der Waals surface area contributed by atoms with Gasteiger partial charge in [0.2, 0.25) is 0 Å². The second kappa shape index (κ2) is 7.11. The Hall–Kier alpha value is -2.80. The van der Waals surface area contributed by atoms with E-state index < -0.39 is 0 Å². The van der Waals surface area contributed by atoms with Gasteiger partial charge in [-0.1, -0.05) is 24.0 Å². The molecule has 21 heavy (non-hydrogen) atoms. The van der Waals surface area contributed by atoms with E-state index in [9.17, 15) is 4.79 Å². The number of para-hydroxylation sites is 1. The highest BCUT2D eigenvalue weighted by Gasteiger charge is 2.02. The summed E-state index contributed by atoms with van der Waals surface area (Å²) in [5.41, 5.74) is 1.47. The summed E-state index contributed by atoms with van der Waals surface area (Å²) in [5.74, 6) is 6.94. The minimum atomic E-state index is -0.360. The van der Waals surface area contributed by atoms with Crippen molar-refractivity contribution in [2.75, 3.05) is 11.9 Å². The minimum Gasteiger partial charge on any atom is -0.425 e. The molecule has 0 fully saturated rings. The molecule has 0 aliphatic heterocycles. The van der Waals surface area contributed by atoms with Crippen LogP contribution in [0.25, 0.3) is 0 Å². The van der Waals surface area contributed by atoms with E-state index in [1.807, 2.05) is 31.2 Å². The first-order valence-electron chi connectivity index (χ1n) is 6.68. The van der Waals surface area contributed by atoms with Crippen molar-refractivity contribution in [2.24, 2.45) is 0 Å². The molecule has 4 heteroatoms. The Morgan fingerprint density at radius 1 is 1.24 bits per heavy atom. The van der Waals surface area contributed by atoms with Crippen molar-refractivity contribution >= 4 is 11.8 Å². The van der Waals surface area contributed by atoms with Gasteiger partial charge in [-0.05, 0) is 31.2 Å². The van der Waals surface area contributed by atoms with Crippen molar-refractivity contribution in [1.29, 1.82) is 0 Å². The lowest BCUT2D eigenvalue weighted by Crippen LogP contribution is -2.02. The number of benzene rings is 1. The van der Waals surface area contributed by atoms with E-state index in [-0.39, 0.29) is 5.97 Å². The fourth-order valence-corrected chi connectivity index (χ4v) is 1.71. The highest BCUT2D eigenvalue weighted by molar-refractivity contribution is 5.70. The third kappa shape index (κ3) is 4.36. The Bertz CT molecular complexity index is 682. The van der Waals surface area contributed by atoms with Crippen molar-refractivity contribution in [3.8, 4) is 17.6 Å². The second-order valence-corrected chi connectivity index (χ2v) is 4.30. The number of hydrogen-bond donors (Lipinski definition) is 1. The first-order valence-corrected chi connectivity index (χ1v) is 6.68. The van der Waals surface area contributed by atoms with Gasteiger partial charge >= 0.3 is 5.97 Å². The predicted molar refractivity (Wildman–Crippen MR) is 82.1 cm³/mol. The van der Waals surface area contributed by atoms with E-state index in [0.717, 1.165) is 17.9 Å². The maximum atomic E-state index is 11.1. The van der Waals surface area contributed by atoms with Crippen molar-refractivity contribution in [2.45, 2.75) is 13.8 Å². The molecule has 1 aromatic heterocycles. The standard InChI is InChI=1S/C17H16N2O2/c1-3-18-17-11-9-14(12-19-17)8-10-15-6-4-5-7-16(15)21-13(2)20/h4-7,9,11-12H,3H2,1-2H3,(H,18,19). The zero-order chi connectivity index (χ0) is 15.1. The van der Waals surface area contributed by atoms with E-state index in [1.165, 1.54) is 6.92 Å². The van der Waals surface area contributed by atoms with Crippen LogP contribution in [0.2, 0.25) is 0 Å². The largest absolute Gasteiger partial charge is 0.425 e. The van der Waals surface area contributed by atoms with Crippen LogP contribution < -0.4 is 10.1 Å². The summed E-state index contributed by atoms with van der Waals surface area (Å²) in [6, 6.07) is 11.0. The summed E-state index contributed by atoms with van der Waals surface area (Å²) < 4.78 is 5.12. The van der Waals surface area contributed by atoms with Crippen LogP contribution in [-0.4, -0.2) is 17.5 Å². The molecule has 0 bridgehead atoms. The molecule has 1 heterocycles. The molecule has 1 N–H and O–H groups in total. The maximum absolute atomic E-state index is 11.1. The van der Waals surface area contributed by atoms with Gasteiger partial charge in [0.15, 0.2) is 0 Å². The Balaban J connectivity index is 2.20. The van der Waals surface area contributed by atoms with Crippen LogP contribution in [0.1, 0.15) is 25.0 Å². The number of pyridine rings is 1. The minimum absolute atomic E-state index is 0.360. The lowest BCUT2D eigenvalue weighted by Gasteiger charge is -2.03. The molecule has 0 atom stereocenters. The normalized spacial score (nSPS) is 9.43. The Morgan fingerprint density at radius 2 is 2.05 bits per heavy atom. The SMILES string of the molecule is CCNc1ccc(C#Cc2ccccc2OC(C)=O)cn1. The molecular formula is C17H16N2O2. The lowest BCUT2D eigenvalue weighted by molar-refractivity contribution is -0.131. The smallest absolute Gasteiger partial charge is 0.308 e. The Labute approximate surface area is 124 Å². The van der Waals surface area contributed by atoms with Gasteiger partial charge in [-0.25, -0.2) is 4.98 Å². The van der Waals surface area contributed by atoms with Gasteiger partial charge in [-0.15, -0.1) is 0 Å². The quantitative estimate of drug-likeness (QED) is 0.533. The molecule has 1 aromatic carbocycles. The van der Waals surface area contributed by atoms with Gasteiger partial charge in [0, 0.05) is 25.2 Å². The topological polar surface area (TPSA) is 51.2 Å². The molecule has 0 saturated carbocycles. The fraction of sp³-hybridized carbons (Fsp3) is 0.176. The van der Waals surface area contributed by atoms with Crippen LogP contribution >= 0.6 is 0 Å². The predicted octanol–water partition coefficient (Wildman–Crippen LogP) is 2.84. The molecule has 2 rings (SSSR count). The van der Waals surface area contributed by atoms with Crippen LogP contribution in [0, 0.1) is 11.8 Å². The number of anilines is 1. The molecule has 0 amide bonds. The van der Waals surface area contributed by atoms with Crippen molar-refractivity contribution in [1.82, 2.24) is 4.98 Å². The van der Waals surface area contributed by atoms with Gasteiger partial charge in [0.05, 0.1) is 5.56 Å². The molecule has 0 unspecified atom stereocenters. The Morgan fingerprint density at radius 3 is 2.71 bits per heavy atom. The number of hydrogen-bond acceptors (Lipinski definition) is 4. The lowest BCUT2D eigenvalue weighted by atomic mass is 10.2. The highest BCUT2D eigenvalue weighted by atomic mass is 16.5. The maximum Gasteiger partial charge on any atom is 0.308 e. The van der Waals surface area contributed by atoms with Gasteiger partial charge < -0.3 is 10.1 Å². The van der Waals surface area contributed by atoms with Crippen LogP contribution in [0.5, 0.6) is 5.75 Å². The number of ether oxygens (including phenoxy) is 1. The zero-order valence-electron chi connectivity index (χ0n) is 12.0. The number of esters is 1. The first kappa shape index (κ1) is 14.6. The van der Waals surface area contributed by atoms with Crippen molar-refractivity contribution in [3.63, 3.8) is 0 Å². The van der Waals surface area contributed by atoms with Crippen molar-refractivity contribution in [3.05, 3.63) is 53.7 Å². The fourth-order valence-electron chi connectivity index (χ4n) is 1.71. The molecule has 4 nitrogen and oxygen atoms in total. The number of aromatic nitrogens is 1. The summed E-state index contributed by atoms with van der Waals surface area (Å²) in [4.78, 5) is 15.3. The van der Waals surface area contributed by atoms with Crippen LogP contribution in [-0.2, 0) is 4.79 Å². The molecule has 0 aliphatic carbocycles. The van der Waals surface area contributed by atoms with E-state index in [1.54, 1.807) is 18.3 Å². The number of carbonyl (C=O) groups is 1. The average molecular weight is 280 g/mol. The summed E-state index contributed by atoms with van der Waals surface area (Å²) in [5, 5.41) is 3.12. The summed E-state index contributed by atoms with van der Waals surface area (Å²) >= 11 is 0. The zero-order valence-corrected chi connectivity index (χ0v) is 12.0. The van der Waals surface area contributed by atoms with Crippen LogP contribution in [0.4, 0.5) is 5.82 Å². The van der Waals surface area contributed by atoms with Gasteiger partial charge in [0.25, 0.3) is 0 Å². The molecule has 2 aromatic rings. The summed E-state index contributed by atoms with van der Waals surface area (Å²) in [7, 11) is 0. The van der Waals surface area contributed by atoms with E-state index >= 15 is 0 Å². The number of nitrogens with one attached hydrogen (secondary N) is 1. The first-order chi connectivity index (χ1) is 10.2. The monoisotopic (exact) mass is 280 g/mol. The number of nitrogens with zero attached hydrogens (tertiary/aromatic N) is 1. The van der Waals surface area contributed by atoms with Crippen LogP contribution in [0.3, 0.4) is 0 Å². The summed E-state index contributed by atoms with van der Waals surface area (Å²) in [6.45, 7) is 4.21.